The smallest absolute Gasteiger partial charge is 0.151 e. The first-order valence-corrected chi connectivity index (χ1v) is 9.39. The zero-order valence-electron chi connectivity index (χ0n) is 12.5. The summed E-state index contributed by atoms with van der Waals surface area (Å²) in [4.78, 5) is 7.77. The van der Waals surface area contributed by atoms with Crippen LogP contribution in [0, 0.1) is 0 Å². The summed E-state index contributed by atoms with van der Waals surface area (Å²) < 4.78 is 0. The van der Waals surface area contributed by atoms with Crippen molar-refractivity contribution in [2.45, 2.75) is 69.7 Å². The van der Waals surface area contributed by atoms with Crippen molar-refractivity contribution >= 4 is 23.4 Å². The van der Waals surface area contributed by atoms with Gasteiger partial charge in [-0.05, 0) is 38.4 Å². The highest BCUT2D eigenvalue weighted by Crippen LogP contribution is 2.27. The first-order chi connectivity index (χ1) is 9.72. The maximum Gasteiger partial charge on any atom is 0.151 e. The lowest BCUT2D eigenvalue weighted by Crippen LogP contribution is -2.33. The van der Waals surface area contributed by atoms with E-state index in [0.717, 1.165) is 36.2 Å². The predicted octanol–water partition coefficient (Wildman–Crippen LogP) is 4.17. The fourth-order valence-corrected chi connectivity index (χ4v) is 3.73. The number of thioether (sulfide) groups is 1. The van der Waals surface area contributed by atoms with Crippen LogP contribution in [0.5, 0.6) is 0 Å². The second-order valence-electron chi connectivity index (χ2n) is 5.65. The number of unbranched alkanes of at least 4 members (excludes halogenated alkanes) is 1. The van der Waals surface area contributed by atoms with Gasteiger partial charge in [-0.3, -0.25) is 0 Å². The molecule has 114 valence electrons. The van der Waals surface area contributed by atoms with Crippen LogP contribution in [0.4, 0.5) is 0 Å². The molecule has 1 aromatic rings. The average molecular weight is 316 g/mol. The minimum absolute atomic E-state index is 0.636. The van der Waals surface area contributed by atoms with Gasteiger partial charge in [0.15, 0.2) is 5.15 Å². The minimum atomic E-state index is 0.636. The number of hydrogen-bond donors (Lipinski definition) is 2. The van der Waals surface area contributed by atoms with Gasteiger partial charge < -0.3 is 10.3 Å². The molecule has 0 amide bonds. The molecule has 0 saturated heterocycles. The van der Waals surface area contributed by atoms with Crippen molar-refractivity contribution in [2.75, 3.05) is 6.26 Å². The van der Waals surface area contributed by atoms with Gasteiger partial charge in [0.2, 0.25) is 0 Å². The maximum absolute atomic E-state index is 6.20. The summed E-state index contributed by atoms with van der Waals surface area (Å²) in [6, 6.07) is 0.636. The molecule has 0 atom stereocenters. The number of rotatable bonds is 7. The van der Waals surface area contributed by atoms with Gasteiger partial charge in [-0.25, -0.2) is 4.98 Å². The van der Waals surface area contributed by atoms with Crippen molar-refractivity contribution in [3.05, 3.63) is 16.7 Å². The van der Waals surface area contributed by atoms with E-state index in [4.69, 9.17) is 11.6 Å². The molecule has 1 heterocycles. The molecule has 0 aliphatic heterocycles. The van der Waals surface area contributed by atoms with Crippen LogP contribution in [0.25, 0.3) is 0 Å². The highest BCUT2D eigenvalue weighted by molar-refractivity contribution is 7.99. The molecule has 1 aliphatic carbocycles. The largest absolute Gasteiger partial charge is 0.344 e. The molecule has 5 heteroatoms. The van der Waals surface area contributed by atoms with E-state index >= 15 is 0 Å². The van der Waals surface area contributed by atoms with Gasteiger partial charge in [0.05, 0.1) is 5.69 Å². The lowest BCUT2D eigenvalue weighted by Gasteiger charge is -2.28. The molecule has 0 unspecified atom stereocenters. The Balaban J connectivity index is 1.77. The second-order valence-corrected chi connectivity index (χ2v) is 7.14. The number of H-pyrrole nitrogens is 1. The first-order valence-electron chi connectivity index (χ1n) is 7.72. The van der Waals surface area contributed by atoms with Crippen LogP contribution in [0.3, 0.4) is 0 Å². The molecule has 3 nitrogen and oxygen atoms in total. The van der Waals surface area contributed by atoms with E-state index in [0.29, 0.717) is 11.2 Å². The Labute approximate surface area is 131 Å². The van der Waals surface area contributed by atoms with Crippen LogP contribution in [-0.2, 0) is 13.0 Å². The van der Waals surface area contributed by atoms with E-state index in [2.05, 4.69) is 28.5 Å². The van der Waals surface area contributed by atoms with Crippen molar-refractivity contribution in [3.63, 3.8) is 0 Å². The third kappa shape index (κ3) is 4.68. The van der Waals surface area contributed by atoms with Gasteiger partial charge in [0, 0.05) is 24.3 Å². The highest BCUT2D eigenvalue weighted by Gasteiger charge is 2.20. The summed E-state index contributed by atoms with van der Waals surface area (Å²) >= 11 is 8.21. The number of nitrogens with one attached hydrogen (secondary N) is 2. The Hall–Kier alpha value is -0.190. The zero-order chi connectivity index (χ0) is 14.4. The summed E-state index contributed by atoms with van der Waals surface area (Å²) in [7, 11) is 0. The van der Waals surface area contributed by atoms with Crippen molar-refractivity contribution in [1.82, 2.24) is 15.3 Å². The Morgan fingerprint density at radius 2 is 2.10 bits per heavy atom. The zero-order valence-corrected chi connectivity index (χ0v) is 14.1. The highest BCUT2D eigenvalue weighted by atomic mass is 35.5. The number of hydrogen-bond acceptors (Lipinski definition) is 3. The van der Waals surface area contributed by atoms with Crippen LogP contribution < -0.4 is 5.32 Å². The summed E-state index contributed by atoms with van der Waals surface area (Å²) in [5.74, 6) is 1.03. The molecule has 1 saturated carbocycles. The average Bonchev–Trinajstić information content (AvgIpc) is 2.83. The fourth-order valence-electron chi connectivity index (χ4n) is 2.77. The predicted molar refractivity (Wildman–Crippen MR) is 88.6 cm³/mol. The van der Waals surface area contributed by atoms with Crippen LogP contribution >= 0.6 is 23.4 Å². The third-order valence-electron chi connectivity index (χ3n) is 4.12. The van der Waals surface area contributed by atoms with Crippen LogP contribution in [0.2, 0.25) is 5.15 Å². The van der Waals surface area contributed by atoms with Crippen molar-refractivity contribution in [3.8, 4) is 0 Å². The van der Waals surface area contributed by atoms with E-state index < -0.39 is 0 Å². The number of aryl methyl sites for hydroxylation is 1. The van der Waals surface area contributed by atoms with Gasteiger partial charge in [-0.15, -0.1) is 0 Å². The van der Waals surface area contributed by atoms with E-state index in [1.165, 1.54) is 32.1 Å². The summed E-state index contributed by atoms with van der Waals surface area (Å²) in [6.07, 6.45) is 10.8. The normalized spacial score (nSPS) is 23.1. The topological polar surface area (TPSA) is 40.7 Å². The Morgan fingerprint density at radius 3 is 2.75 bits per heavy atom. The van der Waals surface area contributed by atoms with Crippen molar-refractivity contribution < 1.29 is 0 Å². The molecule has 2 rings (SSSR count). The number of halogens is 1. The molecular formula is C15H26ClN3S. The lowest BCUT2D eigenvalue weighted by molar-refractivity contribution is 0.377. The van der Waals surface area contributed by atoms with Crippen LogP contribution in [0.1, 0.15) is 57.0 Å². The minimum Gasteiger partial charge on any atom is -0.344 e. The molecular weight excluding hydrogens is 290 g/mol. The second kappa shape index (κ2) is 8.30. The number of aromatic nitrogens is 2. The molecule has 20 heavy (non-hydrogen) atoms. The summed E-state index contributed by atoms with van der Waals surface area (Å²) in [5, 5.41) is 5.13. The van der Waals surface area contributed by atoms with Gasteiger partial charge in [-0.2, -0.15) is 11.8 Å². The van der Waals surface area contributed by atoms with E-state index in [9.17, 15) is 0 Å². The van der Waals surface area contributed by atoms with Crippen molar-refractivity contribution in [2.24, 2.45) is 0 Å². The maximum atomic E-state index is 6.20. The molecule has 1 aliphatic rings. The number of aromatic amines is 1. The summed E-state index contributed by atoms with van der Waals surface area (Å²) in [6.45, 7) is 3.00. The van der Waals surface area contributed by atoms with Crippen LogP contribution in [-0.4, -0.2) is 27.5 Å². The van der Waals surface area contributed by atoms with Gasteiger partial charge >= 0.3 is 0 Å². The molecule has 0 aromatic carbocycles. The molecule has 1 aromatic heterocycles. The molecule has 1 fully saturated rings. The van der Waals surface area contributed by atoms with Crippen LogP contribution in [0.15, 0.2) is 0 Å². The number of imidazole rings is 1. The molecule has 0 bridgehead atoms. The quantitative estimate of drug-likeness (QED) is 0.793. The van der Waals surface area contributed by atoms with E-state index in [1.54, 1.807) is 0 Å². The Morgan fingerprint density at radius 1 is 1.35 bits per heavy atom. The first kappa shape index (κ1) is 16.2. The van der Waals surface area contributed by atoms with E-state index in [-0.39, 0.29) is 0 Å². The molecule has 0 spiro atoms. The third-order valence-corrected chi connectivity index (χ3v) is 5.57. The fraction of sp³-hybridized carbons (Fsp3) is 0.800. The standard InChI is InChI=1S/C15H26ClN3S/c1-3-4-5-14-18-13(15(16)19-14)10-17-11-6-8-12(20-2)9-7-11/h11-12,17H,3-10H2,1-2H3,(H,18,19). The van der Waals surface area contributed by atoms with Gasteiger partial charge in [-0.1, -0.05) is 24.9 Å². The van der Waals surface area contributed by atoms with Gasteiger partial charge in [0.1, 0.15) is 5.82 Å². The summed E-state index contributed by atoms with van der Waals surface area (Å²) in [5.41, 5.74) is 1.05. The molecule has 2 N–H and O–H groups in total. The van der Waals surface area contributed by atoms with Crippen molar-refractivity contribution in [1.29, 1.82) is 0 Å². The molecule has 0 radical (unpaired) electrons. The Kier molecular flexibility index (Phi) is 6.72. The lowest BCUT2D eigenvalue weighted by atomic mass is 9.95. The van der Waals surface area contributed by atoms with Gasteiger partial charge in [0.25, 0.3) is 0 Å². The number of nitrogens with zero attached hydrogens (tertiary/aromatic N) is 1. The Bertz CT molecular complexity index is 400. The van der Waals surface area contributed by atoms with E-state index in [1.807, 2.05) is 11.8 Å². The SMILES string of the molecule is CCCCc1nc(Cl)c(CNC2CCC(SC)CC2)[nH]1. The monoisotopic (exact) mass is 315 g/mol.